The smallest absolute Gasteiger partial charge is 0.165 e. The van der Waals surface area contributed by atoms with Crippen LogP contribution in [0.2, 0.25) is 0 Å². The van der Waals surface area contributed by atoms with Crippen molar-refractivity contribution >= 4 is 11.5 Å². The van der Waals surface area contributed by atoms with Crippen LogP contribution in [0.4, 0.5) is 10.2 Å². The molecule has 0 aliphatic carbocycles. The Labute approximate surface area is 164 Å². The van der Waals surface area contributed by atoms with E-state index in [1.165, 1.54) is 38.4 Å². The predicted molar refractivity (Wildman–Crippen MR) is 110 cm³/mol. The Morgan fingerprint density at radius 3 is 2.79 bits per heavy atom. The first kappa shape index (κ1) is 18.8. The molecule has 28 heavy (non-hydrogen) atoms. The van der Waals surface area contributed by atoms with Crippen molar-refractivity contribution in [1.82, 2.24) is 24.8 Å². The Hall–Kier alpha value is -2.51. The van der Waals surface area contributed by atoms with Crippen LogP contribution in [0, 0.1) is 5.82 Å². The van der Waals surface area contributed by atoms with E-state index >= 15 is 0 Å². The summed E-state index contributed by atoms with van der Waals surface area (Å²) in [5.74, 6) is 0.526. The minimum Gasteiger partial charge on any atom is -0.369 e. The molecule has 6 nitrogen and oxygen atoms in total. The van der Waals surface area contributed by atoms with Crippen molar-refractivity contribution in [3.63, 3.8) is 0 Å². The van der Waals surface area contributed by atoms with Gasteiger partial charge in [0, 0.05) is 37.0 Å². The summed E-state index contributed by atoms with van der Waals surface area (Å²) >= 11 is 0. The van der Waals surface area contributed by atoms with Crippen molar-refractivity contribution in [2.24, 2.45) is 0 Å². The summed E-state index contributed by atoms with van der Waals surface area (Å²) in [6, 6.07) is 7.07. The topological polar surface area (TPSA) is 57.5 Å². The van der Waals surface area contributed by atoms with Gasteiger partial charge in [0.1, 0.15) is 11.6 Å². The maximum Gasteiger partial charge on any atom is 0.165 e. The van der Waals surface area contributed by atoms with Crippen molar-refractivity contribution in [3.05, 3.63) is 48.0 Å². The molecule has 1 saturated heterocycles. The van der Waals surface area contributed by atoms with E-state index in [9.17, 15) is 4.39 Å². The molecule has 2 N–H and O–H groups in total. The second kappa shape index (κ2) is 8.67. The predicted octanol–water partition coefficient (Wildman–Crippen LogP) is 3.15. The van der Waals surface area contributed by atoms with Gasteiger partial charge in [-0.15, -0.1) is 0 Å². The van der Waals surface area contributed by atoms with Crippen LogP contribution < -0.4 is 10.6 Å². The molecule has 0 saturated carbocycles. The fourth-order valence-corrected chi connectivity index (χ4v) is 3.78. The largest absolute Gasteiger partial charge is 0.369 e. The maximum atomic E-state index is 14.5. The summed E-state index contributed by atoms with van der Waals surface area (Å²) in [6.45, 7) is 4.91. The van der Waals surface area contributed by atoms with E-state index in [2.05, 4.69) is 20.6 Å². The Kier molecular flexibility index (Phi) is 5.83. The lowest BCUT2D eigenvalue weighted by Crippen LogP contribution is -2.33. The van der Waals surface area contributed by atoms with Gasteiger partial charge in [-0.3, -0.25) is 0 Å². The lowest BCUT2D eigenvalue weighted by atomic mass is 10.0. The Bertz CT molecular complexity index is 932. The van der Waals surface area contributed by atoms with Crippen LogP contribution in [0.25, 0.3) is 16.8 Å². The van der Waals surface area contributed by atoms with Crippen LogP contribution >= 0.6 is 0 Å². The summed E-state index contributed by atoms with van der Waals surface area (Å²) in [4.78, 5) is 7.19. The first-order chi connectivity index (χ1) is 13.7. The van der Waals surface area contributed by atoms with Crippen molar-refractivity contribution < 1.29 is 4.39 Å². The maximum absolute atomic E-state index is 14.5. The molecule has 3 aromatic rings. The minimum atomic E-state index is -0.264. The molecule has 3 heterocycles. The number of likely N-dealkylation sites (tertiary alicyclic amines) is 1. The Morgan fingerprint density at radius 1 is 1.11 bits per heavy atom. The molecule has 1 fully saturated rings. The van der Waals surface area contributed by atoms with Gasteiger partial charge in [-0.05, 0) is 56.7 Å². The highest BCUT2D eigenvalue weighted by atomic mass is 19.1. The minimum absolute atomic E-state index is 0.264. The molecule has 0 radical (unpaired) electrons. The number of aromatic nitrogens is 3. The van der Waals surface area contributed by atoms with Gasteiger partial charge < -0.3 is 15.5 Å². The van der Waals surface area contributed by atoms with E-state index in [0.29, 0.717) is 23.3 Å². The number of fused-ring (bicyclic) bond motifs is 1. The zero-order valence-electron chi connectivity index (χ0n) is 16.3. The molecule has 1 aliphatic heterocycles. The van der Waals surface area contributed by atoms with Gasteiger partial charge in [0.25, 0.3) is 0 Å². The molecular weight excluding hydrogens is 355 g/mol. The highest BCUT2D eigenvalue weighted by Crippen LogP contribution is 2.27. The zero-order chi connectivity index (χ0) is 19.3. The van der Waals surface area contributed by atoms with E-state index in [1.54, 1.807) is 16.8 Å². The molecule has 7 heteroatoms. The van der Waals surface area contributed by atoms with Crippen molar-refractivity contribution in [3.8, 4) is 11.1 Å². The van der Waals surface area contributed by atoms with E-state index < -0.39 is 0 Å². The summed E-state index contributed by atoms with van der Waals surface area (Å²) in [7, 11) is 1.88. The normalized spacial score (nSPS) is 15.2. The van der Waals surface area contributed by atoms with Gasteiger partial charge in [-0.2, -0.15) is 5.10 Å². The number of nitrogens with zero attached hydrogens (tertiary/aromatic N) is 4. The van der Waals surface area contributed by atoms with Crippen LogP contribution in [0.15, 0.2) is 36.7 Å². The molecular formula is C21H27FN6. The molecule has 2 aromatic heterocycles. The van der Waals surface area contributed by atoms with Gasteiger partial charge in [0.2, 0.25) is 0 Å². The number of hydrogen-bond donors (Lipinski definition) is 2. The van der Waals surface area contributed by atoms with Crippen molar-refractivity contribution in [2.45, 2.75) is 25.8 Å². The summed E-state index contributed by atoms with van der Waals surface area (Å²) < 4.78 is 16.2. The number of halogens is 1. The highest BCUT2D eigenvalue weighted by Gasteiger charge is 2.14. The van der Waals surface area contributed by atoms with Gasteiger partial charge in [-0.1, -0.05) is 12.5 Å². The van der Waals surface area contributed by atoms with E-state index in [4.69, 9.17) is 4.98 Å². The van der Waals surface area contributed by atoms with Crippen molar-refractivity contribution in [2.75, 3.05) is 38.5 Å². The van der Waals surface area contributed by atoms with Gasteiger partial charge >= 0.3 is 0 Å². The average Bonchev–Trinajstić information content (AvgIpc) is 3.13. The number of anilines is 1. The molecule has 0 spiro atoms. The first-order valence-corrected chi connectivity index (χ1v) is 9.98. The molecule has 148 valence electrons. The van der Waals surface area contributed by atoms with Crippen molar-refractivity contribution in [1.29, 1.82) is 0 Å². The highest BCUT2D eigenvalue weighted by molar-refractivity contribution is 5.78. The third-order valence-corrected chi connectivity index (χ3v) is 5.25. The van der Waals surface area contributed by atoms with Crippen LogP contribution in [0.1, 0.15) is 24.8 Å². The summed E-state index contributed by atoms with van der Waals surface area (Å²) in [6.07, 6.45) is 7.48. The van der Waals surface area contributed by atoms with Gasteiger partial charge in [-0.25, -0.2) is 13.9 Å². The molecule has 0 atom stereocenters. The third-order valence-electron chi connectivity index (χ3n) is 5.25. The number of piperidine rings is 1. The standard InChI is InChI=1S/C21H27FN6/c1-23-14-16-5-6-19(22)17(13-16)18-15-25-28-11-7-20(26-21(18)28)24-8-12-27-9-3-2-4-10-27/h5-7,11,13,15,23H,2-4,8-10,12,14H2,1H3,(H,24,26). The summed E-state index contributed by atoms with van der Waals surface area (Å²) in [5.41, 5.74) is 2.91. The number of hydrogen-bond acceptors (Lipinski definition) is 5. The van der Waals surface area contributed by atoms with Crippen LogP contribution in [-0.2, 0) is 6.54 Å². The molecule has 0 unspecified atom stereocenters. The van der Waals surface area contributed by atoms with Gasteiger partial charge in [0.05, 0.1) is 6.20 Å². The molecule has 4 rings (SSSR count). The fourth-order valence-electron chi connectivity index (χ4n) is 3.78. The first-order valence-electron chi connectivity index (χ1n) is 9.98. The third kappa shape index (κ3) is 4.15. The number of rotatable bonds is 7. The van der Waals surface area contributed by atoms with Crippen LogP contribution in [-0.4, -0.2) is 52.7 Å². The number of nitrogens with one attached hydrogen (secondary N) is 2. The fraction of sp³-hybridized carbons (Fsp3) is 0.429. The SMILES string of the molecule is CNCc1ccc(F)c(-c2cnn3ccc(NCCN4CCCCC4)nc23)c1. The van der Waals surface area contributed by atoms with Crippen LogP contribution in [0.3, 0.4) is 0 Å². The number of benzene rings is 1. The molecule has 1 aromatic carbocycles. The molecule has 1 aliphatic rings. The Balaban J connectivity index is 1.54. The van der Waals surface area contributed by atoms with E-state index in [-0.39, 0.29) is 5.82 Å². The zero-order valence-corrected chi connectivity index (χ0v) is 16.3. The lowest BCUT2D eigenvalue weighted by Gasteiger charge is -2.26. The second-order valence-electron chi connectivity index (χ2n) is 7.31. The second-order valence-corrected chi connectivity index (χ2v) is 7.31. The van der Waals surface area contributed by atoms with Gasteiger partial charge in [0.15, 0.2) is 5.65 Å². The quantitative estimate of drug-likeness (QED) is 0.657. The lowest BCUT2D eigenvalue weighted by molar-refractivity contribution is 0.237. The average molecular weight is 382 g/mol. The van der Waals surface area contributed by atoms with E-state index in [0.717, 1.165) is 24.5 Å². The molecule has 0 bridgehead atoms. The summed E-state index contributed by atoms with van der Waals surface area (Å²) in [5, 5.41) is 10.8. The Morgan fingerprint density at radius 2 is 1.96 bits per heavy atom. The molecule has 0 amide bonds. The monoisotopic (exact) mass is 382 g/mol. The van der Waals surface area contributed by atoms with E-state index in [1.807, 2.05) is 25.4 Å². The van der Waals surface area contributed by atoms with Crippen LogP contribution in [0.5, 0.6) is 0 Å².